The lowest BCUT2D eigenvalue weighted by atomic mass is 10.0. The maximum absolute atomic E-state index is 12.6. The van der Waals surface area contributed by atoms with Crippen molar-refractivity contribution in [1.29, 1.82) is 0 Å². The first-order chi connectivity index (χ1) is 15.5. The number of carbonyl (C=O) groups excluding carboxylic acids is 3. The van der Waals surface area contributed by atoms with Gasteiger partial charge in [-0.05, 0) is 35.6 Å². The number of benzene rings is 2. The van der Waals surface area contributed by atoms with Crippen molar-refractivity contribution < 1.29 is 24.0 Å². The molecule has 9 nitrogen and oxygen atoms in total. The van der Waals surface area contributed by atoms with E-state index in [1.54, 1.807) is 26.0 Å². The van der Waals surface area contributed by atoms with Crippen molar-refractivity contribution >= 4 is 40.8 Å². The van der Waals surface area contributed by atoms with E-state index in [1.807, 2.05) is 12.1 Å². The standard InChI is InChI=1S/C23H26ClN3O6/c1-13(2)15-5-7-16(8-6-15)25-20(28)12-33-23(30)21(14(3)4)26-22(29)18-10-9-17(27(31)32)11-19(18)24/h5-11,13-14,21H,12H2,1-4H3,(H,25,28)(H,26,29). The highest BCUT2D eigenvalue weighted by atomic mass is 35.5. The van der Waals surface area contributed by atoms with Crippen molar-refractivity contribution in [1.82, 2.24) is 5.32 Å². The van der Waals surface area contributed by atoms with Gasteiger partial charge in [-0.25, -0.2) is 4.79 Å². The molecule has 2 amide bonds. The van der Waals surface area contributed by atoms with Crippen LogP contribution >= 0.6 is 11.6 Å². The first kappa shape index (κ1) is 25.8. The maximum Gasteiger partial charge on any atom is 0.329 e. The predicted octanol–water partition coefficient (Wildman–Crippen LogP) is 4.31. The minimum absolute atomic E-state index is 0.0247. The van der Waals surface area contributed by atoms with Crippen molar-refractivity contribution in [2.45, 2.75) is 39.7 Å². The molecule has 0 aliphatic heterocycles. The number of ether oxygens (including phenoxy) is 1. The monoisotopic (exact) mass is 475 g/mol. The first-order valence-electron chi connectivity index (χ1n) is 10.3. The van der Waals surface area contributed by atoms with E-state index < -0.39 is 35.4 Å². The SMILES string of the molecule is CC(C)c1ccc(NC(=O)COC(=O)C(NC(=O)c2ccc([N+](=O)[O-])cc2Cl)C(C)C)cc1. The number of nitro groups is 1. The van der Waals surface area contributed by atoms with Crippen LogP contribution in [0.3, 0.4) is 0 Å². The number of nitro benzene ring substituents is 1. The minimum atomic E-state index is -1.05. The summed E-state index contributed by atoms with van der Waals surface area (Å²) in [4.78, 5) is 47.4. The molecule has 0 radical (unpaired) electrons. The fourth-order valence-corrected chi connectivity index (χ4v) is 3.15. The highest BCUT2D eigenvalue weighted by Gasteiger charge is 2.28. The highest BCUT2D eigenvalue weighted by Crippen LogP contribution is 2.23. The Hall–Kier alpha value is -3.46. The van der Waals surface area contributed by atoms with Crippen LogP contribution in [0.2, 0.25) is 5.02 Å². The molecule has 0 fully saturated rings. The van der Waals surface area contributed by atoms with Gasteiger partial charge in [0.15, 0.2) is 6.61 Å². The summed E-state index contributed by atoms with van der Waals surface area (Å²) in [7, 11) is 0. The van der Waals surface area contributed by atoms with Crippen LogP contribution in [0.15, 0.2) is 42.5 Å². The molecule has 1 unspecified atom stereocenters. The molecular weight excluding hydrogens is 450 g/mol. The van der Waals surface area contributed by atoms with E-state index >= 15 is 0 Å². The lowest BCUT2D eigenvalue weighted by Gasteiger charge is -2.21. The molecule has 0 aliphatic rings. The summed E-state index contributed by atoms with van der Waals surface area (Å²) < 4.78 is 5.09. The van der Waals surface area contributed by atoms with Crippen molar-refractivity contribution in [2.75, 3.05) is 11.9 Å². The number of halogens is 1. The highest BCUT2D eigenvalue weighted by molar-refractivity contribution is 6.34. The molecule has 0 saturated heterocycles. The molecule has 1 atom stereocenters. The molecule has 0 bridgehead atoms. The van der Waals surface area contributed by atoms with E-state index in [-0.39, 0.29) is 22.2 Å². The van der Waals surface area contributed by atoms with Crippen LogP contribution in [0.5, 0.6) is 0 Å². The molecule has 10 heteroatoms. The molecule has 0 spiro atoms. The van der Waals surface area contributed by atoms with E-state index in [4.69, 9.17) is 16.3 Å². The second-order valence-electron chi connectivity index (χ2n) is 8.05. The molecular formula is C23H26ClN3O6. The van der Waals surface area contributed by atoms with Gasteiger partial charge in [-0.15, -0.1) is 0 Å². The van der Waals surface area contributed by atoms with Crippen LogP contribution in [0.25, 0.3) is 0 Å². The number of carbonyl (C=O) groups is 3. The second-order valence-corrected chi connectivity index (χ2v) is 8.46. The molecule has 0 aliphatic carbocycles. The summed E-state index contributed by atoms with van der Waals surface area (Å²) in [5.74, 6) is -2.00. The molecule has 0 heterocycles. The lowest BCUT2D eigenvalue weighted by molar-refractivity contribution is -0.384. The van der Waals surface area contributed by atoms with Gasteiger partial charge in [-0.2, -0.15) is 0 Å². The zero-order chi connectivity index (χ0) is 24.7. The van der Waals surface area contributed by atoms with E-state index in [9.17, 15) is 24.5 Å². The second kappa shape index (κ2) is 11.4. The Morgan fingerprint density at radius 2 is 1.70 bits per heavy atom. The molecule has 0 aromatic heterocycles. The number of anilines is 1. The summed E-state index contributed by atoms with van der Waals surface area (Å²) >= 11 is 5.98. The minimum Gasteiger partial charge on any atom is -0.454 e. The maximum atomic E-state index is 12.6. The summed E-state index contributed by atoms with van der Waals surface area (Å²) in [6.45, 7) is 6.99. The predicted molar refractivity (Wildman–Crippen MR) is 124 cm³/mol. The van der Waals surface area contributed by atoms with Gasteiger partial charge in [0.2, 0.25) is 0 Å². The first-order valence-corrected chi connectivity index (χ1v) is 10.7. The Bertz CT molecular complexity index is 1040. The fraction of sp³-hybridized carbons (Fsp3) is 0.348. The molecule has 0 saturated carbocycles. The van der Waals surface area contributed by atoms with E-state index in [0.29, 0.717) is 11.6 Å². The number of nitrogens with zero attached hydrogens (tertiary/aromatic N) is 1. The Balaban J connectivity index is 1.97. The van der Waals surface area contributed by atoms with Crippen molar-refractivity contribution in [3.8, 4) is 0 Å². The lowest BCUT2D eigenvalue weighted by Crippen LogP contribution is -2.46. The average Bonchev–Trinajstić information content (AvgIpc) is 2.75. The topological polar surface area (TPSA) is 128 Å². The van der Waals surface area contributed by atoms with Gasteiger partial charge in [0, 0.05) is 17.8 Å². The van der Waals surface area contributed by atoms with Gasteiger partial charge >= 0.3 is 5.97 Å². The smallest absolute Gasteiger partial charge is 0.329 e. The fourth-order valence-electron chi connectivity index (χ4n) is 2.89. The van der Waals surface area contributed by atoms with E-state index in [2.05, 4.69) is 24.5 Å². The number of esters is 1. The number of hydrogen-bond acceptors (Lipinski definition) is 6. The number of nitrogens with one attached hydrogen (secondary N) is 2. The van der Waals surface area contributed by atoms with Crippen molar-refractivity contribution in [2.24, 2.45) is 5.92 Å². The summed E-state index contributed by atoms with van der Waals surface area (Å²) in [5, 5.41) is 15.9. The summed E-state index contributed by atoms with van der Waals surface area (Å²) in [6.07, 6.45) is 0. The van der Waals surface area contributed by atoms with Crippen LogP contribution in [0.1, 0.15) is 49.5 Å². The van der Waals surface area contributed by atoms with E-state index in [1.165, 1.54) is 6.07 Å². The Morgan fingerprint density at radius 3 is 2.21 bits per heavy atom. The third-order valence-corrected chi connectivity index (χ3v) is 5.13. The zero-order valence-electron chi connectivity index (χ0n) is 18.8. The Labute approximate surface area is 196 Å². The molecule has 33 heavy (non-hydrogen) atoms. The molecule has 176 valence electrons. The normalized spacial score (nSPS) is 11.7. The van der Waals surface area contributed by atoms with Gasteiger partial charge in [0.1, 0.15) is 6.04 Å². The molecule has 2 N–H and O–H groups in total. The third-order valence-electron chi connectivity index (χ3n) is 4.82. The van der Waals surface area contributed by atoms with Crippen LogP contribution in [0.4, 0.5) is 11.4 Å². The van der Waals surface area contributed by atoms with Crippen LogP contribution in [-0.4, -0.2) is 35.4 Å². The number of non-ortho nitro benzene ring substituents is 1. The van der Waals surface area contributed by atoms with Gasteiger partial charge < -0.3 is 15.4 Å². The Morgan fingerprint density at radius 1 is 1.06 bits per heavy atom. The quantitative estimate of drug-likeness (QED) is 0.316. The number of amides is 2. The zero-order valence-corrected chi connectivity index (χ0v) is 19.5. The van der Waals surface area contributed by atoms with Gasteiger partial charge in [0.05, 0.1) is 15.5 Å². The largest absolute Gasteiger partial charge is 0.454 e. The molecule has 2 rings (SSSR count). The van der Waals surface area contributed by atoms with Crippen molar-refractivity contribution in [3.05, 3.63) is 68.7 Å². The van der Waals surface area contributed by atoms with Gasteiger partial charge in [-0.1, -0.05) is 51.4 Å². The van der Waals surface area contributed by atoms with Crippen LogP contribution < -0.4 is 10.6 Å². The number of hydrogen-bond donors (Lipinski definition) is 2. The molecule has 2 aromatic rings. The van der Waals surface area contributed by atoms with Gasteiger partial charge in [0.25, 0.3) is 17.5 Å². The van der Waals surface area contributed by atoms with Crippen LogP contribution in [0, 0.1) is 16.0 Å². The third kappa shape index (κ3) is 7.28. The average molecular weight is 476 g/mol. The van der Waals surface area contributed by atoms with Crippen molar-refractivity contribution in [3.63, 3.8) is 0 Å². The Kier molecular flexibility index (Phi) is 8.93. The number of rotatable bonds is 9. The summed E-state index contributed by atoms with van der Waals surface area (Å²) in [6, 6.07) is 9.68. The molecule has 2 aromatic carbocycles. The van der Waals surface area contributed by atoms with Gasteiger partial charge in [-0.3, -0.25) is 19.7 Å². The van der Waals surface area contributed by atoms with Crippen LogP contribution in [-0.2, 0) is 14.3 Å². The summed E-state index contributed by atoms with van der Waals surface area (Å²) in [5.41, 5.74) is 1.41. The van der Waals surface area contributed by atoms with E-state index in [0.717, 1.165) is 17.7 Å².